The molecule has 1 aromatic heterocycles. The summed E-state index contributed by atoms with van der Waals surface area (Å²) in [6.45, 7) is 8.89. The molecule has 1 fully saturated rings. The fourth-order valence-electron chi connectivity index (χ4n) is 2.92. The van der Waals surface area contributed by atoms with Crippen LogP contribution in [-0.4, -0.2) is 34.2 Å². The highest BCUT2D eigenvalue weighted by atomic mass is 16.6. The predicted octanol–water partition coefficient (Wildman–Crippen LogP) is 2.57. The summed E-state index contributed by atoms with van der Waals surface area (Å²) < 4.78 is 5.29. The van der Waals surface area contributed by atoms with Crippen LogP contribution in [0.25, 0.3) is 0 Å². The lowest BCUT2D eigenvalue weighted by Gasteiger charge is -2.23. The molecule has 0 saturated heterocycles. The highest BCUT2D eigenvalue weighted by molar-refractivity contribution is 5.67. The second kappa shape index (κ2) is 7.73. The van der Waals surface area contributed by atoms with E-state index in [-0.39, 0.29) is 6.09 Å². The van der Waals surface area contributed by atoms with Gasteiger partial charge in [-0.15, -0.1) is 0 Å². The van der Waals surface area contributed by atoms with Crippen LogP contribution in [0.1, 0.15) is 51.6 Å². The lowest BCUT2D eigenvalue weighted by molar-refractivity contribution is 0.0517. The van der Waals surface area contributed by atoms with Crippen molar-refractivity contribution >= 4 is 6.09 Å². The predicted molar refractivity (Wildman–Crippen MR) is 89.0 cm³/mol. The fraction of sp³-hybridized carbons (Fsp3) is 0.706. The van der Waals surface area contributed by atoms with Crippen LogP contribution < -0.4 is 10.6 Å². The molecule has 0 aromatic carbocycles. The van der Waals surface area contributed by atoms with Crippen LogP contribution in [0.5, 0.6) is 0 Å². The van der Waals surface area contributed by atoms with Gasteiger partial charge in [0, 0.05) is 25.3 Å². The zero-order chi connectivity index (χ0) is 16.9. The Kier molecular flexibility index (Phi) is 5.93. The molecule has 0 spiro atoms. The first-order valence-corrected chi connectivity index (χ1v) is 8.32. The van der Waals surface area contributed by atoms with Gasteiger partial charge in [0.2, 0.25) is 0 Å². The fourth-order valence-corrected chi connectivity index (χ4v) is 2.92. The van der Waals surface area contributed by atoms with Crippen LogP contribution >= 0.6 is 0 Å². The smallest absolute Gasteiger partial charge is 0.407 e. The lowest BCUT2D eigenvalue weighted by Crippen LogP contribution is -2.40. The van der Waals surface area contributed by atoms with Crippen LogP contribution in [-0.2, 0) is 11.3 Å². The van der Waals surface area contributed by atoms with Gasteiger partial charge in [0.25, 0.3) is 0 Å². The van der Waals surface area contributed by atoms with Gasteiger partial charge in [-0.2, -0.15) is 0 Å². The summed E-state index contributed by atoms with van der Waals surface area (Å²) in [6.07, 6.45) is 4.88. The summed E-state index contributed by atoms with van der Waals surface area (Å²) >= 11 is 0. The van der Waals surface area contributed by atoms with E-state index in [0.29, 0.717) is 18.5 Å². The maximum atomic E-state index is 11.8. The van der Waals surface area contributed by atoms with E-state index in [1.165, 1.54) is 6.42 Å². The summed E-state index contributed by atoms with van der Waals surface area (Å²) in [7, 11) is 0. The average molecular weight is 320 g/mol. The van der Waals surface area contributed by atoms with E-state index in [4.69, 9.17) is 4.74 Å². The molecular weight excluding hydrogens is 292 g/mol. The highest BCUT2D eigenvalue weighted by Gasteiger charge is 2.27. The maximum absolute atomic E-state index is 11.8. The number of carbonyl (C=O) groups is 1. The molecule has 1 heterocycles. The Hall–Kier alpha value is -1.69. The van der Waals surface area contributed by atoms with Gasteiger partial charge in [-0.1, -0.05) is 6.42 Å². The maximum Gasteiger partial charge on any atom is 0.407 e. The van der Waals surface area contributed by atoms with Crippen LogP contribution in [0.4, 0.5) is 4.79 Å². The van der Waals surface area contributed by atoms with Crippen molar-refractivity contribution < 1.29 is 9.53 Å². The van der Waals surface area contributed by atoms with Crippen molar-refractivity contribution in [3.63, 3.8) is 0 Å². The number of amides is 1. The van der Waals surface area contributed by atoms with Gasteiger partial charge in [-0.25, -0.2) is 14.8 Å². The number of alkyl carbamates (subject to hydrolysis) is 1. The first-order valence-electron chi connectivity index (χ1n) is 8.32. The topological polar surface area (TPSA) is 76.1 Å². The van der Waals surface area contributed by atoms with Crippen LogP contribution in [0.3, 0.4) is 0 Å². The summed E-state index contributed by atoms with van der Waals surface area (Å²) in [5.41, 5.74) is 0.547. The van der Waals surface area contributed by atoms with E-state index < -0.39 is 5.60 Å². The SMILES string of the molecule is Cc1nccc(CNC2CCCC2CNC(=O)OC(C)(C)C)n1. The van der Waals surface area contributed by atoms with Crippen molar-refractivity contribution in [2.45, 2.75) is 65.1 Å². The molecule has 1 amide bonds. The lowest BCUT2D eigenvalue weighted by atomic mass is 10.0. The Labute approximate surface area is 138 Å². The number of nitrogens with one attached hydrogen (secondary N) is 2. The van der Waals surface area contributed by atoms with Gasteiger partial charge < -0.3 is 15.4 Å². The van der Waals surface area contributed by atoms with Gasteiger partial charge in [-0.3, -0.25) is 0 Å². The number of ether oxygens (including phenoxy) is 1. The molecule has 1 saturated carbocycles. The molecule has 1 aromatic rings. The van der Waals surface area contributed by atoms with Crippen LogP contribution in [0.15, 0.2) is 12.3 Å². The third-order valence-electron chi connectivity index (χ3n) is 3.95. The van der Waals surface area contributed by atoms with E-state index in [0.717, 1.165) is 30.9 Å². The van der Waals surface area contributed by atoms with E-state index in [1.54, 1.807) is 6.20 Å². The Morgan fingerprint density at radius 1 is 1.39 bits per heavy atom. The van der Waals surface area contributed by atoms with Crippen molar-refractivity contribution in [1.29, 1.82) is 0 Å². The average Bonchev–Trinajstić information content (AvgIpc) is 2.88. The molecule has 2 atom stereocenters. The second-order valence-electron chi connectivity index (χ2n) is 7.16. The molecule has 2 rings (SSSR count). The number of hydrogen-bond donors (Lipinski definition) is 2. The first kappa shape index (κ1) is 17.7. The zero-order valence-corrected chi connectivity index (χ0v) is 14.6. The minimum Gasteiger partial charge on any atom is -0.444 e. The molecule has 0 bridgehead atoms. The molecule has 0 radical (unpaired) electrons. The van der Waals surface area contributed by atoms with Gasteiger partial charge in [0.1, 0.15) is 11.4 Å². The quantitative estimate of drug-likeness (QED) is 0.872. The Balaban J connectivity index is 1.77. The number of aromatic nitrogens is 2. The number of carbonyl (C=O) groups excluding carboxylic acids is 1. The monoisotopic (exact) mass is 320 g/mol. The molecule has 2 unspecified atom stereocenters. The second-order valence-corrected chi connectivity index (χ2v) is 7.16. The molecule has 1 aliphatic carbocycles. The summed E-state index contributed by atoms with van der Waals surface area (Å²) in [6, 6.07) is 2.34. The first-order chi connectivity index (χ1) is 10.8. The molecule has 128 valence electrons. The van der Waals surface area contributed by atoms with Crippen molar-refractivity contribution in [3.05, 3.63) is 23.8 Å². The largest absolute Gasteiger partial charge is 0.444 e. The van der Waals surface area contributed by atoms with E-state index in [2.05, 4.69) is 20.6 Å². The Bertz CT molecular complexity index is 528. The standard InChI is InChI=1S/C17H28N4O2/c1-12-18-9-8-14(21-12)11-19-15-7-5-6-13(15)10-20-16(22)23-17(2,3)4/h8-9,13,15,19H,5-7,10-11H2,1-4H3,(H,20,22). The summed E-state index contributed by atoms with van der Waals surface area (Å²) in [5, 5.41) is 6.46. The third-order valence-corrected chi connectivity index (χ3v) is 3.95. The zero-order valence-electron chi connectivity index (χ0n) is 14.6. The van der Waals surface area contributed by atoms with Gasteiger partial charge in [0.05, 0.1) is 5.69 Å². The van der Waals surface area contributed by atoms with Gasteiger partial charge in [0.15, 0.2) is 0 Å². The third kappa shape index (κ3) is 6.14. The summed E-state index contributed by atoms with van der Waals surface area (Å²) in [5.74, 6) is 1.23. The Morgan fingerprint density at radius 3 is 2.87 bits per heavy atom. The normalized spacial score (nSPS) is 21.2. The van der Waals surface area contributed by atoms with E-state index in [9.17, 15) is 4.79 Å². The highest BCUT2D eigenvalue weighted by Crippen LogP contribution is 2.25. The number of aryl methyl sites for hydroxylation is 1. The van der Waals surface area contributed by atoms with Gasteiger partial charge >= 0.3 is 6.09 Å². The number of hydrogen-bond acceptors (Lipinski definition) is 5. The van der Waals surface area contributed by atoms with E-state index in [1.807, 2.05) is 33.8 Å². The van der Waals surface area contributed by atoms with Gasteiger partial charge in [-0.05, 0) is 52.5 Å². The van der Waals surface area contributed by atoms with E-state index >= 15 is 0 Å². The molecule has 1 aliphatic rings. The Morgan fingerprint density at radius 2 is 2.17 bits per heavy atom. The number of rotatable bonds is 5. The van der Waals surface area contributed by atoms with Crippen molar-refractivity contribution in [2.75, 3.05) is 6.54 Å². The minimum atomic E-state index is -0.456. The molecule has 6 nitrogen and oxygen atoms in total. The molecule has 23 heavy (non-hydrogen) atoms. The van der Waals surface area contributed by atoms with Crippen molar-refractivity contribution in [3.8, 4) is 0 Å². The molecule has 0 aliphatic heterocycles. The van der Waals surface area contributed by atoms with Crippen molar-refractivity contribution in [1.82, 2.24) is 20.6 Å². The molecular formula is C17H28N4O2. The minimum absolute atomic E-state index is 0.338. The van der Waals surface area contributed by atoms with Crippen LogP contribution in [0.2, 0.25) is 0 Å². The molecule has 6 heteroatoms. The van der Waals surface area contributed by atoms with Crippen molar-refractivity contribution in [2.24, 2.45) is 5.92 Å². The number of nitrogens with zero attached hydrogens (tertiary/aromatic N) is 2. The van der Waals surface area contributed by atoms with Crippen LogP contribution in [0, 0.1) is 12.8 Å². The molecule has 2 N–H and O–H groups in total. The summed E-state index contributed by atoms with van der Waals surface area (Å²) in [4.78, 5) is 20.3.